The minimum Gasteiger partial charge on any atom is -0.497 e. The van der Waals surface area contributed by atoms with Gasteiger partial charge in [0.1, 0.15) is 11.5 Å². The molecule has 0 spiro atoms. The van der Waals surface area contributed by atoms with Crippen LogP contribution in [0.2, 0.25) is 0 Å². The molecule has 100 valence electrons. The van der Waals surface area contributed by atoms with Gasteiger partial charge in [0.15, 0.2) is 0 Å². The molecule has 1 saturated heterocycles. The van der Waals surface area contributed by atoms with E-state index >= 15 is 0 Å². The molecular formula is C14H21NO3. The molecule has 1 aliphatic heterocycles. The van der Waals surface area contributed by atoms with E-state index in [-0.39, 0.29) is 0 Å². The number of hydrogen-bond acceptors (Lipinski definition) is 4. The van der Waals surface area contributed by atoms with Crippen LogP contribution in [0.15, 0.2) is 18.2 Å². The number of nitrogens with two attached hydrogens (primary N) is 1. The van der Waals surface area contributed by atoms with Crippen molar-refractivity contribution < 1.29 is 14.2 Å². The van der Waals surface area contributed by atoms with Gasteiger partial charge in [-0.15, -0.1) is 0 Å². The van der Waals surface area contributed by atoms with E-state index in [0.29, 0.717) is 18.4 Å². The second-order valence-corrected chi connectivity index (χ2v) is 4.68. The summed E-state index contributed by atoms with van der Waals surface area (Å²) in [6.45, 7) is 2.34. The molecule has 0 amide bonds. The Bertz CT molecular complexity index is 391. The number of rotatable bonds is 6. The molecule has 4 heteroatoms. The van der Waals surface area contributed by atoms with E-state index < -0.39 is 0 Å². The number of benzene rings is 1. The van der Waals surface area contributed by atoms with Gasteiger partial charge in [-0.2, -0.15) is 0 Å². The summed E-state index contributed by atoms with van der Waals surface area (Å²) in [4.78, 5) is 0. The third kappa shape index (κ3) is 2.76. The molecule has 0 bridgehead atoms. The van der Waals surface area contributed by atoms with E-state index in [1.165, 1.54) is 0 Å². The van der Waals surface area contributed by atoms with Gasteiger partial charge in [-0.05, 0) is 24.6 Å². The SMILES string of the molecule is COc1ccc(C(CN)CC2COC2)c(OC)c1. The lowest BCUT2D eigenvalue weighted by atomic mass is 9.87. The second-order valence-electron chi connectivity index (χ2n) is 4.68. The highest BCUT2D eigenvalue weighted by Crippen LogP contribution is 2.34. The fourth-order valence-electron chi connectivity index (χ4n) is 2.33. The largest absolute Gasteiger partial charge is 0.497 e. The minimum absolute atomic E-state index is 0.319. The first-order chi connectivity index (χ1) is 8.78. The summed E-state index contributed by atoms with van der Waals surface area (Å²) in [6, 6.07) is 5.92. The molecule has 0 aromatic heterocycles. The second kappa shape index (κ2) is 6.07. The fourth-order valence-corrected chi connectivity index (χ4v) is 2.33. The van der Waals surface area contributed by atoms with Crippen molar-refractivity contribution in [3.63, 3.8) is 0 Å². The number of hydrogen-bond donors (Lipinski definition) is 1. The standard InChI is InChI=1S/C14H21NO3/c1-16-12-3-4-13(14(6-12)17-2)11(7-15)5-10-8-18-9-10/h3-4,6,10-11H,5,7-9,15H2,1-2H3. The van der Waals surface area contributed by atoms with Crippen LogP contribution < -0.4 is 15.2 Å². The average Bonchev–Trinajstić information content (AvgIpc) is 2.37. The summed E-state index contributed by atoms with van der Waals surface area (Å²) >= 11 is 0. The zero-order chi connectivity index (χ0) is 13.0. The number of ether oxygens (including phenoxy) is 3. The molecule has 4 nitrogen and oxygen atoms in total. The minimum atomic E-state index is 0.319. The lowest BCUT2D eigenvalue weighted by molar-refractivity contribution is -0.0382. The van der Waals surface area contributed by atoms with E-state index in [1.54, 1.807) is 14.2 Å². The molecule has 2 rings (SSSR count). The van der Waals surface area contributed by atoms with Gasteiger partial charge in [0.25, 0.3) is 0 Å². The van der Waals surface area contributed by atoms with Crippen molar-refractivity contribution in [1.82, 2.24) is 0 Å². The molecule has 1 unspecified atom stereocenters. The van der Waals surface area contributed by atoms with Crippen molar-refractivity contribution >= 4 is 0 Å². The Morgan fingerprint density at radius 3 is 2.61 bits per heavy atom. The van der Waals surface area contributed by atoms with E-state index in [9.17, 15) is 0 Å². The van der Waals surface area contributed by atoms with Crippen molar-refractivity contribution in [3.05, 3.63) is 23.8 Å². The molecule has 0 radical (unpaired) electrons. The highest BCUT2D eigenvalue weighted by Gasteiger charge is 2.25. The summed E-state index contributed by atoms with van der Waals surface area (Å²) in [7, 11) is 3.33. The normalized spacial score (nSPS) is 17.1. The first kappa shape index (κ1) is 13.2. The zero-order valence-electron chi connectivity index (χ0n) is 11.0. The summed E-state index contributed by atoms with van der Waals surface area (Å²) in [5.41, 5.74) is 7.06. The molecule has 1 heterocycles. The summed E-state index contributed by atoms with van der Waals surface area (Å²) < 4.78 is 15.9. The van der Waals surface area contributed by atoms with Crippen molar-refractivity contribution in [3.8, 4) is 11.5 Å². The van der Waals surface area contributed by atoms with Gasteiger partial charge in [0.05, 0.1) is 27.4 Å². The van der Waals surface area contributed by atoms with Gasteiger partial charge in [0, 0.05) is 17.9 Å². The lowest BCUT2D eigenvalue weighted by Crippen LogP contribution is -2.30. The van der Waals surface area contributed by atoms with E-state index in [2.05, 4.69) is 6.07 Å². The van der Waals surface area contributed by atoms with E-state index in [4.69, 9.17) is 19.9 Å². The van der Waals surface area contributed by atoms with Crippen LogP contribution in [0, 0.1) is 5.92 Å². The summed E-state index contributed by atoms with van der Waals surface area (Å²) in [6.07, 6.45) is 1.05. The van der Waals surface area contributed by atoms with Crippen molar-refractivity contribution in [1.29, 1.82) is 0 Å². The van der Waals surface area contributed by atoms with Gasteiger partial charge < -0.3 is 19.9 Å². The Kier molecular flexibility index (Phi) is 4.44. The van der Waals surface area contributed by atoms with Crippen LogP contribution >= 0.6 is 0 Å². The Morgan fingerprint density at radius 1 is 1.33 bits per heavy atom. The van der Waals surface area contributed by atoms with Crippen molar-refractivity contribution in [2.75, 3.05) is 34.0 Å². The van der Waals surface area contributed by atoms with E-state index in [1.807, 2.05) is 12.1 Å². The van der Waals surface area contributed by atoms with E-state index in [0.717, 1.165) is 36.7 Å². The molecule has 18 heavy (non-hydrogen) atoms. The Labute approximate surface area is 108 Å². The summed E-state index contributed by atoms with van der Waals surface area (Å²) in [5, 5.41) is 0. The summed E-state index contributed by atoms with van der Waals surface area (Å²) in [5.74, 6) is 2.61. The number of methoxy groups -OCH3 is 2. The van der Waals surface area contributed by atoms with Crippen molar-refractivity contribution in [2.45, 2.75) is 12.3 Å². The molecule has 0 aliphatic carbocycles. The van der Waals surface area contributed by atoms with Crippen LogP contribution in [0.3, 0.4) is 0 Å². The monoisotopic (exact) mass is 251 g/mol. The quantitative estimate of drug-likeness (QED) is 0.837. The highest BCUT2D eigenvalue weighted by molar-refractivity contribution is 5.43. The Morgan fingerprint density at radius 2 is 2.11 bits per heavy atom. The van der Waals surface area contributed by atoms with Gasteiger partial charge in [-0.1, -0.05) is 6.07 Å². The maximum absolute atomic E-state index is 5.90. The van der Waals surface area contributed by atoms with Gasteiger partial charge in [-0.25, -0.2) is 0 Å². The fraction of sp³-hybridized carbons (Fsp3) is 0.571. The zero-order valence-corrected chi connectivity index (χ0v) is 11.0. The lowest BCUT2D eigenvalue weighted by Gasteiger charge is -2.30. The van der Waals surface area contributed by atoms with Crippen LogP contribution in [0.1, 0.15) is 17.9 Å². The van der Waals surface area contributed by atoms with Crippen LogP contribution in [-0.2, 0) is 4.74 Å². The molecule has 1 fully saturated rings. The molecule has 0 saturated carbocycles. The smallest absolute Gasteiger partial charge is 0.126 e. The van der Waals surface area contributed by atoms with Gasteiger partial charge in [0.2, 0.25) is 0 Å². The molecule has 2 N–H and O–H groups in total. The predicted molar refractivity (Wildman–Crippen MR) is 70.3 cm³/mol. The molecule has 1 atom stereocenters. The highest BCUT2D eigenvalue weighted by atomic mass is 16.5. The van der Waals surface area contributed by atoms with Crippen molar-refractivity contribution in [2.24, 2.45) is 11.7 Å². The average molecular weight is 251 g/mol. The Balaban J connectivity index is 2.17. The Hall–Kier alpha value is -1.26. The first-order valence-corrected chi connectivity index (χ1v) is 6.28. The topological polar surface area (TPSA) is 53.7 Å². The van der Waals surface area contributed by atoms with Crippen LogP contribution in [0.4, 0.5) is 0 Å². The van der Waals surface area contributed by atoms with Crippen LogP contribution in [0.5, 0.6) is 11.5 Å². The maximum atomic E-state index is 5.90. The molecule has 1 aromatic carbocycles. The van der Waals surface area contributed by atoms with Crippen LogP contribution in [-0.4, -0.2) is 34.0 Å². The van der Waals surface area contributed by atoms with Gasteiger partial charge >= 0.3 is 0 Å². The molecule has 1 aliphatic rings. The maximum Gasteiger partial charge on any atom is 0.126 e. The third-order valence-corrected chi connectivity index (χ3v) is 3.49. The molecular weight excluding hydrogens is 230 g/mol. The first-order valence-electron chi connectivity index (χ1n) is 6.28. The van der Waals surface area contributed by atoms with Crippen LogP contribution in [0.25, 0.3) is 0 Å². The third-order valence-electron chi connectivity index (χ3n) is 3.49. The van der Waals surface area contributed by atoms with Gasteiger partial charge in [-0.3, -0.25) is 0 Å². The molecule has 1 aromatic rings. The predicted octanol–water partition coefficient (Wildman–Crippen LogP) is 1.78.